The van der Waals surface area contributed by atoms with Crippen molar-refractivity contribution < 1.29 is 18.4 Å². The number of carbonyl (C=O) groups excluding carboxylic acids is 1. The van der Waals surface area contributed by atoms with Gasteiger partial charge in [0.1, 0.15) is 0 Å². The number of sulfonamides is 1. The fourth-order valence-electron chi connectivity index (χ4n) is 2.75. The lowest BCUT2D eigenvalue weighted by Gasteiger charge is -2.31. The molecule has 6 nitrogen and oxygen atoms in total. The van der Waals surface area contributed by atoms with Crippen molar-refractivity contribution >= 4 is 15.9 Å². The van der Waals surface area contributed by atoms with Gasteiger partial charge in [-0.2, -0.15) is 0 Å². The molecular formula is C15H22N2O4S. The third-order valence-electron chi connectivity index (χ3n) is 4.05. The summed E-state index contributed by atoms with van der Waals surface area (Å²) < 4.78 is 25.7. The molecule has 1 aliphatic rings. The molecule has 1 aromatic carbocycles. The second-order valence-corrected chi connectivity index (χ2v) is 7.72. The lowest BCUT2D eigenvalue weighted by Crippen LogP contribution is -2.40. The topological polar surface area (TPSA) is 86.7 Å². The Kier molecular flexibility index (Phi) is 5.93. The maximum absolute atomic E-state index is 12.1. The molecule has 1 heterocycles. The number of nitrogens with zero attached hydrogens (tertiary/aromatic N) is 1. The van der Waals surface area contributed by atoms with Crippen LogP contribution in [0.15, 0.2) is 30.3 Å². The number of hydrogen-bond donors (Lipinski definition) is 2. The first-order valence-corrected chi connectivity index (χ1v) is 9.07. The average molecular weight is 326 g/mol. The van der Waals surface area contributed by atoms with Crippen LogP contribution >= 0.6 is 0 Å². The highest BCUT2D eigenvalue weighted by atomic mass is 32.2. The van der Waals surface area contributed by atoms with Crippen LogP contribution in [0.4, 0.5) is 0 Å². The molecule has 0 radical (unpaired) electrons. The van der Waals surface area contributed by atoms with Gasteiger partial charge in [-0.1, -0.05) is 30.3 Å². The molecule has 2 N–H and O–H groups in total. The summed E-state index contributed by atoms with van der Waals surface area (Å²) in [6, 6.07) is 10.2. The van der Waals surface area contributed by atoms with E-state index in [0.29, 0.717) is 19.0 Å². The van der Waals surface area contributed by atoms with Crippen LogP contribution in [0.2, 0.25) is 0 Å². The summed E-state index contributed by atoms with van der Waals surface area (Å²) in [4.78, 5) is 11.0. The molecule has 0 bridgehead atoms. The monoisotopic (exact) mass is 326 g/mol. The first kappa shape index (κ1) is 16.9. The van der Waals surface area contributed by atoms with Crippen molar-refractivity contribution in [1.82, 2.24) is 9.79 Å². The number of hydroxylamine groups is 1. The molecular weight excluding hydrogens is 304 g/mol. The maximum Gasteiger partial charge on any atom is 0.244 e. The summed E-state index contributed by atoms with van der Waals surface area (Å²) in [6.07, 6.45) is 2.42. The summed E-state index contributed by atoms with van der Waals surface area (Å²) in [5.74, 6) is -0.444. The lowest BCUT2D eigenvalue weighted by atomic mass is 9.91. The smallest absolute Gasteiger partial charge is 0.244 e. The minimum atomic E-state index is -3.42. The first-order valence-electron chi connectivity index (χ1n) is 7.46. The van der Waals surface area contributed by atoms with E-state index in [4.69, 9.17) is 5.21 Å². The highest BCUT2D eigenvalue weighted by molar-refractivity contribution is 7.89. The Bertz CT molecular complexity index is 581. The predicted molar refractivity (Wildman–Crippen MR) is 82.8 cm³/mol. The number of piperidine rings is 1. The molecule has 122 valence electrons. The standard InChI is InChI=1S/C15H22N2O4S/c18-15(16-19)8-11-22(20,21)17-9-6-14(7-10-17)12-13-4-2-1-3-5-13/h1-5,14,19H,6-12H2,(H,16,18). The number of nitrogens with one attached hydrogen (secondary N) is 1. The van der Waals surface area contributed by atoms with Gasteiger partial charge in [0.05, 0.1) is 5.75 Å². The van der Waals surface area contributed by atoms with E-state index in [2.05, 4.69) is 12.1 Å². The predicted octanol–water partition coefficient (Wildman–Crippen LogP) is 1.17. The Labute approximate surface area is 131 Å². The van der Waals surface area contributed by atoms with E-state index in [0.717, 1.165) is 19.3 Å². The van der Waals surface area contributed by atoms with Gasteiger partial charge in [-0.25, -0.2) is 18.2 Å². The van der Waals surface area contributed by atoms with Gasteiger partial charge < -0.3 is 0 Å². The van der Waals surface area contributed by atoms with Gasteiger partial charge in [-0.05, 0) is 30.7 Å². The number of rotatable bonds is 6. The average Bonchev–Trinajstić information content (AvgIpc) is 2.54. The molecule has 1 aromatic rings. The zero-order valence-electron chi connectivity index (χ0n) is 12.4. The van der Waals surface area contributed by atoms with Crippen molar-refractivity contribution in [3.63, 3.8) is 0 Å². The van der Waals surface area contributed by atoms with Crippen molar-refractivity contribution in [2.24, 2.45) is 5.92 Å². The Balaban J connectivity index is 1.82. The number of benzene rings is 1. The molecule has 0 spiro atoms. The van der Waals surface area contributed by atoms with Crippen LogP contribution < -0.4 is 5.48 Å². The minimum Gasteiger partial charge on any atom is -0.289 e. The van der Waals surface area contributed by atoms with Crippen LogP contribution in [-0.4, -0.2) is 42.7 Å². The quantitative estimate of drug-likeness (QED) is 0.607. The maximum atomic E-state index is 12.1. The van der Waals surface area contributed by atoms with E-state index >= 15 is 0 Å². The fourth-order valence-corrected chi connectivity index (χ4v) is 4.21. The van der Waals surface area contributed by atoms with Gasteiger partial charge in [0.2, 0.25) is 15.9 Å². The van der Waals surface area contributed by atoms with E-state index in [1.165, 1.54) is 15.3 Å². The molecule has 22 heavy (non-hydrogen) atoms. The summed E-state index contributed by atoms with van der Waals surface area (Å²) in [5, 5.41) is 8.41. The van der Waals surface area contributed by atoms with Gasteiger partial charge in [0, 0.05) is 19.5 Å². The molecule has 1 amide bonds. The van der Waals surface area contributed by atoms with E-state index in [-0.39, 0.29) is 12.2 Å². The zero-order chi connectivity index (χ0) is 16.0. The van der Waals surface area contributed by atoms with E-state index in [1.807, 2.05) is 18.2 Å². The highest BCUT2D eigenvalue weighted by Gasteiger charge is 2.28. The summed E-state index contributed by atoms with van der Waals surface area (Å²) in [7, 11) is -3.42. The molecule has 0 saturated carbocycles. The zero-order valence-corrected chi connectivity index (χ0v) is 13.3. The van der Waals surface area contributed by atoms with Crippen LogP contribution in [0.5, 0.6) is 0 Å². The molecule has 1 aliphatic heterocycles. The molecule has 0 aliphatic carbocycles. The van der Waals surface area contributed by atoms with Gasteiger partial charge in [0.25, 0.3) is 0 Å². The van der Waals surface area contributed by atoms with Gasteiger partial charge in [-0.15, -0.1) is 0 Å². The second-order valence-electron chi connectivity index (χ2n) is 5.63. The van der Waals surface area contributed by atoms with E-state index in [9.17, 15) is 13.2 Å². The summed E-state index contributed by atoms with van der Waals surface area (Å²) in [6.45, 7) is 1.00. The van der Waals surface area contributed by atoms with Crippen molar-refractivity contribution in [3.05, 3.63) is 35.9 Å². The lowest BCUT2D eigenvalue weighted by molar-refractivity contribution is -0.128. The van der Waals surface area contributed by atoms with Crippen molar-refractivity contribution in [1.29, 1.82) is 0 Å². The largest absolute Gasteiger partial charge is 0.289 e. The first-order chi connectivity index (χ1) is 10.5. The molecule has 0 unspecified atom stereocenters. The third kappa shape index (κ3) is 4.79. The SMILES string of the molecule is O=C(CCS(=O)(=O)N1CCC(Cc2ccccc2)CC1)NO. The summed E-state index contributed by atoms with van der Waals surface area (Å²) in [5.41, 5.74) is 2.73. The molecule has 0 atom stereocenters. The molecule has 7 heteroatoms. The second kappa shape index (κ2) is 7.71. The normalized spacial score (nSPS) is 17.3. The van der Waals surface area contributed by atoms with Crippen molar-refractivity contribution in [2.45, 2.75) is 25.7 Å². The molecule has 2 rings (SSSR count). The van der Waals surface area contributed by atoms with Crippen LogP contribution in [-0.2, 0) is 21.2 Å². The van der Waals surface area contributed by atoms with Gasteiger partial charge >= 0.3 is 0 Å². The van der Waals surface area contributed by atoms with Crippen molar-refractivity contribution in [3.8, 4) is 0 Å². The fraction of sp³-hybridized carbons (Fsp3) is 0.533. The van der Waals surface area contributed by atoms with E-state index < -0.39 is 15.9 Å². The van der Waals surface area contributed by atoms with Crippen LogP contribution in [0.3, 0.4) is 0 Å². The van der Waals surface area contributed by atoms with E-state index in [1.54, 1.807) is 0 Å². The number of amides is 1. The van der Waals surface area contributed by atoms with Crippen molar-refractivity contribution in [2.75, 3.05) is 18.8 Å². The Hall–Kier alpha value is -1.44. The van der Waals surface area contributed by atoms with Gasteiger partial charge in [0.15, 0.2) is 0 Å². The van der Waals surface area contributed by atoms with Crippen LogP contribution in [0.25, 0.3) is 0 Å². The summed E-state index contributed by atoms with van der Waals surface area (Å²) >= 11 is 0. The molecule has 1 fully saturated rings. The number of hydrogen-bond acceptors (Lipinski definition) is 4. The van der Waals surface area contributed by atoms with Gasteiger partial charge in [-0.3, -0.25) is 10.0 Å². The minimum absolute atomic E-state index is 0.219. The van der Waals surface area contributed by atoms with Crippen LogP contribution in [0.1, 0.15) is 24.8 Å². The number of carbonyl (C=O) groups is 1. The third-order valence-corrected chi connectivity index (χ3v) is 5.92. The Morgan fingerprint density at radius 3 is 2.45 bits per heavy atom. The molecule has 1 saturated heterocycles. The Morgan fingerprint density at radius 2 is 1.86 bits per heavy atom. The van der Waals surface area contributed by atoms with Crippen LogP contribution in [0, 0.1) is 5.92 Å². The highest BCUT2D eigenvalue weighted by Crippen LogP contribution is 2.23. The molecule has 0 aromatic heterocycles. The Morgan fingerprint density at radius 1 is 1.23 bits per heavy atom.